The van der Waals surface area contributed by atoms with Crippen LogP contribution in [-0.2, 0) is 13.6 Å². The van der Waals surface area contributed by atoms with Crippen molar-refractivity contribution in [2.45, 2.75) is 52.0 Å². The Morgan fingerprint density at radius 3 is 2.57 bits per heavy atom. The third-order valence-corrected chi connectivity index (χ3v) is 4.85. The second kappa shape index (κ2) is 7.95. The number of hydrogen-bond donors (Lipinski definition) is 1. The van der Waals surface area contributed by atoms with Gasteiger partial charge in [0.2, 0.25) is 0 Å². The van der Waals surface area contributed by atoms with Crippen molar-refractivity contribution in [2.24, 2.45) is 12.5 Å². The molecule has 1 aromatic rings. The summed E-state index contributed by atoms with van der Waals surface area (Å²) in [7, 11) is 4.32. The molecule has 0 aliphatic heterocycles. The Bertz CT molecular complexity index is 405. The van der Waals surface area contributed by atoms with Crippen LogP contribution in [0.25, 0.3) is 0 Å². The van der Waals surface area contributed by atoms with Crippen LogP contribution in [0.4, 0.5) is 0 Å². The number of rotatable bonds is 7. The molecule has 0 atom stereocenters. The van der Waals surface area contributed by atoms with Crippen molar-refractivity contribution in [1.29, 1.82) is 0 Å². The number of nitrogens with zero attached hydrogens (tertiary/aromatic N) is 3. The standard InChI is InChI=1S/C17H32N4/c1-4-18-14-17(9-7-5-6-8-10-17)15-20(2)13-16-19-11-12-21(16)3/h11-12,18H,4-10,13-15H2,1-3H3. The molecule has 0 spiro atoms. The van der Waals surface area contributed by atoms with E-state index in [9.17, 15) is 0 Å². The number of aromatic nitrogens is 2. The molecular weight excluding hydrogens is 260 g/mol. The van der Waals surface area contributed by atoms with E-state index in [4.69, 9.17) is 0 Å². The maximum atomic E-state index is 4.46. The van der Waals surface area contributed by atoms with Gasteiger partial charge in [-0.1, -0.05) is 32.6 Å². The Kier molecular flexibility index (Phi) is 6.24. The van der Waals surface area contributed by atoms with Crippen LogP contribution in [0.2, 0.25) is 0 Å². The second-order valence-corrected chi connectivity index (χ2v) is 6.82. The molecule has 2 rings (SSSR count). The molecule has 1 heterocycles. The third kappa shape index (κ3) is 4.82. The normalized spacial score (nSPS) is 18.9. The highest BCUT2D eigenvalue weighted by Gasteiger charge is 2.31. The van der Waals surface area contributed by atoms with Crippen molar-refractivity contribution in [2.75, 3.05) is 26.7 Å². The fraction of sp³-hybridized carbons (Fsp3) is 0.824. The summed E-state index contributed by atoms with van der Waals surface area (Å²) >= 11 is 0. The van der Waals surface area contributed by atoms with Gasteiger partial charge in [0.05, 0.1) is 6.54 Å². The van der Waals surface area contributed by atoms with Gasteiger partial charge >= 0.3 is 0 Å². The zero-order valence-electron chi connectivity index (χ0n) is 14.1. The molecule has 0 saturated heterocycles. The maximum Gasteiger partial charge on any atom is 0.122 e. The van der Waals surface area contributed by atoms with E-state index in [0.717, 1.165) is 25.5 Å². The molecule has 21 heavy (non-hydrogen) atoms. The second-order valence-electron chi connectivity index (χ2n) is 6.82. The lowest BCUT2D eigenvalue weighted by Gasteiger charge is -2.37. The average molecular weight is 292 g/mol. The average Bonchev–Trinajstić information content (AvgIpc) is 2.73. The van der Waals surface area contributed by atoms with Crippen LogP contribution < -0.4 is 5.32 Å². The summed E-state index contributed by atoms with van der Waals surface area (Å²) in [5, 5.41) is 3.61. The highest BCUT2D eigenvalue weighted by molar-refractivity contribution is 4.92. The number of nitrogens with one attached hydrogen (secondary N) is 1. The van der Waals surface area contributed by atoms with E-state index < -0.39 is 0 Å². The van der Waals surface area contributed by atoms with Crippen LogP contribution in [-0.4, -0.2) is 41.1 Å². The Balaban J connectivity index is 1.97. The summed E-state index contributed by atoms with van der Waals surface area (Å²) in [6.45, 7) is 6.56. The Morgan fingerprint density at radius 2 is 2.00 bits per heavy atom. The minimum atomic E-state index is 0.451. The van der Waals surface area contributed by atoms with Gasteiger partial charge in [-0.15, -0.1) is 0 Å². The van der Waals surface area contributed by atoms with E-state index in [1.54, 1.807) is 0 Å². The molecule has 0 amide bonds. The van der Waals surface area contributed by atoms with Crippen molar-refractivity contribution >= 4 is 0 Å². The lowest BCUT2D eigenvalue weighted by Crippen LogP contribution is -2.43. The van der Waals surface area contributed by atoms with Crippen LogP contribution in [0.3, 0.4) is 0 Å². The van der Waals surface area contributed by atoms with E-state index in [0.29, 0.717) is 5.41 Å². The first-order valence-corrected chi connectivity index (χ1v) is 8.51. The molecule has 4 heteroatoms. The zero-order chi connectivity index (χ0) is 15.1. The first-order valence-electron chi connectivity index (χ1n) is 8.51. The zero-order valence-corrected chi connectivity index (χ0v) is 14.1. The molecular formula is C17H32N4. The van der Waals surface area contributed by atoms with Gasteiger partial charge in [0, 0.05) is 32.5 Å². The molecule has 1 aliphatic carbocycles. The van der Waals surface area contributed by atoms with Crippen LogP contribution in [0.15, 0.2) is 12.4 Å². The number of hydrogen-bond acceptors (Lipinski definition) is 3. The minimum Gasteiger partial charge on any atom is -0.337 e. The van der Waals surface area contributed by atoms with Crippen molar-refractivity contribution in [1.82, 2.24) is 19.8 Å². The summed E-state index contributed by atoms with van der Waals surface area (Å²) in [4.78, 5) is 6.92. The molecule has 1 N–H and O–H groups in total. The highest BCUT2D eigenvalue weighted by Crippen LogP contribution is 2.35. The van der Waals surface area contributed by atoms with E-state index in [2.05, 4.69) is 40.8 Å². The van der Waals surface area contributed by atoms with E-state index >= 15 is 0 Å². The fourth-order valence-electron chi connectivity index (χ4n) is 3.68. The molecule has 1 aliphatic rings. The predicted molar refractivity (Wildman–Crippen MR) is 88.2 cm³/mol. The number of imidazole rings is 1. The van der Waals surface area contributed by atoms with Gasteiger partial charge in [-0.2, -0.15) is 0 Å². The van der Waals surface area contributed by atoms with Gasteiger partial charge in [-0.3, -0.25) is 4.90 Å². The molecule has 0 aromatic carbocycles. The molecule has 120 valence electrons. The van der Waals surface area contributed by atoms with Crippen molar-refractivity contribution in [3.63, 3.8) is 0 Å². The van der Waals surface area contributed by atoms with Gasteiger partial charge in [0.15, 0.2) is 0 Å². The summed E-state index contributed by atoms with van der Waals surface area (Å²) in [6.07, 6.45) is 12.3. The Hall–Kier alpha value is -0.870. The topological polar surface area (TPSA) is 33.1 Å². The molecule has 1 aromatic heterocycles. The predicted octanol–water partition coefficient (Wildman–Crippen LogP) is 2.80. The van der Waals surface area contributed by atoms with Crippen molar-refractivity contribution in [3.05, 3.63) is 18.2 Å². The molecule has 1 saturated carbocycles. The summed E-state index contributed by atoms with van der Waals surface area (Å²) in [5.41, 5.74) is 0.451. The van der Waals surface area contributed by atoms with E-state index in [1.807, 2.05) is 12.4 Å². The van der Waals surface area contributed by atoms with Gasteiger partial charge in [0.1, 0.15) is 5.82 Å². The quantitative estimate of drug-likeness (QED) is 0.785. The monoisotopic (exact) mass is 292 g/mol. The molecule has 0 radical (unpaired) electrons. The van der Waals surface area contributed by atoms with Gasteiger partial charge in [-0.05, 0) is 31.8 Å². The molecule has 0 bridgehead atoms. The van der Waals surface area contributed by atoms with Gasteiger partial charge in [-0.25, -0.2) is 4.98 Å². The molecule has 0 unspecified atom stereocenters. The third-order valence-electron chi connectivity index (χ3n) is 4.85. The molecule has 4 nitrogen and oxygen atoms in total. The summed E-state index contributed by atoms with van der Waals surface area (Å²) in [5.74, 6) is 1.16. The summed E-state index contributed by atoms with van der Waals surface area (Å²) < 4.78 is 2.13. The fourth-order valence-corrected chi connectivity index (χ4v) is 3.68. The summed E-state index contributed by atoms with van der Waals surface area (Å²) in [6, 6.07) is 0. The van der Waals surface area contributed by atoms with Crippen LogP contribution in [0.1, 0.15) is 51.3 Å². The van der Waals surface area contributed by atoms with Crippen LogP contribution >= 0.6 is 0 Å². The van der Waals surface area contributed by atoms with E-state index in [1.165, 1.54) is 45.1 Å². The Labute approximate surface area is 129 Å². The van der Waals surface area contributed by atoms with Crippen LogP contribution in [0, 0.1) is 5.41 Å². The SMILES string of the molecule is CCNCC1(CN(C)Cc2nccn2C)CCCCCC1. The minimum absolute atomic E-state index is 0.451. The number of aryl methyl sites for hydroxylation is 1. The lowest BCUT2D eigenvalue weighted by atomic mass is 9.79. The van der Waals surface area contributed by atoms with Gasteiger partial charge in [0.25, 0.3) is 0 Å². The highest BCUT2D eigenvalue weighted by atomic mass is 15.2. The van der Waals surface area contributed by atoms with E-state index in [-0.39, 0.29) is 0 Å². The smallest absolute Gasteiger partial charge is 0.122 e. The largest absolute Gasteiger partial charge is 0.337 e. The van der Waals surface area contributed by atoms with Crippen molar-refractivity contribution < 1.29 is 0 Å². The van der Waals surface area contributed by atoms with Crippen molar-refractivity contribution in [3.8, 4) is 0 Å². The lowest BCUT2D eigenvalue weighted by molar-refractivity contribution is 0.140. The maximum absolute atomic E-state index is 4.46. The Morgan fingerprint density at radius 1 is 1.29 bits per heavy atom. The first-order chi connectivity index (χ1) is 10.2. The van der Waals surface area contributed by atoms with Crippen LogP contribution in [0.5, 0.6) is 0 Å². The van der Waals surface area contributed by atoms with Gasteiger partial charge < -0.3 is 9.88 Å². The first kappa shape index (κ1) is 16.5. The molecule has 1 fully saturated rings.